The number of hydrogen-bond acceptors (Lipinski definition) is 5. The van der Waals surface area contributed by atoms with E-state index in [1.807, 2.05) is 0 Å². The molecule has 1 rings (SSSR count). The molecule has 0 aromatic carbocycles. The quantitative estimate of drug-likeness (QED) is 0.228. The fourth-order valence-electron chi connectivity index (χ4n) is 3.41. The van der Waals surface area contributed by atoms with E-state index in [1.165, 1.54) is 77.0 Å². The summed E-state index contributed by atoms with van der Waals surface area (Å²) in [5.74, 6) is -0.380. The van der Waals surface area contributed by atoms with Crippen LogP contribution in [0.5, 0.6) is 5.75 Å². The van der Waals surface area contributed by atoms with Crippen LogP contribution in [0, 0.1) is 0 Å². The molecule has 0 aliphatic heterocycles. The van der Waals surface area contributed by atoms with Crippen LogP contribution in [0.25, 0.3) is 0 Å². The first kappa shape index (κ1) is 25.4. The van der Waals surface area contributed by atoms with E-state index in [0.29, 0.717) is 6.42 Å². The molecule has 5 heteroatoms. The maximum atomic E-state index is 11.8. The van der Waals surface area contributed by atoms with Gasteiger partial charge in [-0.3, -0.25) is 9.59 Å². The molecule has 0 saturated carbocycles. The standard InChI is InChI=1S/C24H40O5/c1-2-3-4-5-6-7-8-9-10-11-12-13-14-15-16-17-24(27)29-23-20-28-21(19-25)18-22(23)26/h18,20,25H,2-17,19H2,1H3. The number of esters is 1. The van der Waals surface area contributed by atoms with Crippen LogP contribution in [0.4, 0.5) is 0 Å². The van der Waals surface area contributed by atoms with E-state index in [4.69, 9.17) is 14.3 Å². The minimum absolute atomic E-state index is 0.117. The zero-order valence-corrected chi connectivity index (χ0v) is 18.3. The van der Waals surface area contributed by atoms with Crippen LogP contribution in [0.2, 0.25) is 0 Å². The fraction of sp³-hybridized carbons (Fsp3) is 0.750. The summed E-state index contributed by atoms with van der Waals surface area (Å²) in [6.07, 6.45) is 20.5. The van der Waals surface area contributed by atoms with Crippen LogP contribution in [-0.2, 0) is 11.4 Å². The van der Waals surface area contributed by atoms with Crippen molar-refractivity contribution in [3.8, 4) is 5.75 Å². The van der Waals surface area contributed by atoms with Crippen LogP contribution in [0.3, 0.4) is 0 Å². The molecule has 0 aliphatic rings. The predicted molar refractivity (Wildman–Crippen MR) is 116 cm³/mol. The summed E-state index contributed by atoms with van der Waals surface area (Å²) < 4.78 is 10.0. The minimum Gasteiger partial charge on any atom is -0.463 e. The van der Waals surface area contributed by atoms with Gasteiger partial charge in [-0.15, -0.1) is 0 Å². The third kappa shape index (κ3) is 13.3. The van der Waals surface area contributed by atoms with Crippen LogP contribution in [0.1, 0.15) is 115 Å². The molecule has 0 amide bonds. The van der Waals surface area contributed by atoms with E-state index in [0.717, 1.165) is 31.6 Å². The summed E-state index contributed by atoms with van der Waals surface area (Å²) >= 11 is 0. The molecule has 1 aromatic rings. The van der Waals surface area contributed by atoms with E-state index >= 15 is 0 Å². The first-order chi connectivity index (χ1) is 14.2. The fourth-order valence-corrected chi connectivity index (χ4v) is 3.41. The summed E-state index contributed by atoms with van der Waals surface area (Å²) in [7, 11) is 0. The minimum atomic E-state index is -0.454. The molecule has 1 aromatic heterocycles. The Morgan fingerprint density at radius 1 is 0.862 bits per heavy atom. The van der Waals surface area contributed by atoms with Gasteiger partial charge in [0.15, 0.2) is 0 Å². The van der Waals surface area contributed by atoms with Gasteiger partial charge in [0.1, 0.15) is 18.6 Å². The lowest BCUT2D eigenvalue weighted by Crippen LogP contribution is -2.14. The molecule has 0 atom stereocenters. The highest BCUT2D eigenvalue weighted by molar-refractivity contribution is 5.72. The number of unbranched alkanes of at least 4 members (excludes halogenated alkanes) is 14. The lowest BCUT2D eigenvalue weighted by atomic mass is 10.0. The van der Waals surface area contributed by atoms with Gasteiger partial charge in [-0.2, -0.15) is 0 Å². The molecular weight excluding hydrogens is 368 g/mol. The number of carbonyl (C=O) groups excluding carboxylic acids is 1. The summed E-state index contributed by atoms with van der Waals surface area (Å²) in [6.45, 7) is 1.90. The number of carbonyl (C=O) groups is 1. The van der Waals surface area contributed by atoms with Crippen LogP contribution in [-0.4, -0.2) is 11.1 Å². The normalized spacial score (nSPS) is 11.0. The zero-order chi connectivity index (χ0) is 21.2. The monoisotopic (exact) mass is 408 g/mol. The highest BCUT2D eigenvalue weighted by Gasteiger charge is 2.09. The number of rotatable bonds is 18. The molecule has 5 nitrogen and oxygen atoms in total. The highest BCUT2D eigenvalue weighted by Crippen LogP contribution is 2.14. The topological polar surface area (TPSA) is 76.7 Å². The Labute approximate surface area is 175 Å². The third-order valence-electron chi connectivity index (χ3n) is 5.22. The second-order valence-corrected chi connectivity index (χ2v) is 7.91. The molecule has 0 spiro atoms. The molecule has 29 heavy (non-hydrogen) atoms. The van der Waals surface area contributed by atoms with Crippen LogP contribution < -0.4 is 10.2 Å². The molecule has 1 heterocycles. The van der Waals surface area contributed by atoms with Crippen molar-refractivity contribution in [1.29, 1.82) is 0 Å². The molecular formula is C24H40O5. The Bertz CT molecular complexity index is 593. The Hall–Kier alpha value is -1.62. The van der Waals surface area contributed by atoms with Gasteiger partial charge in [-0.05, 0) is 6.42 Å². The van der Waals surface area contributed by atoms with Crippen LogP contribution >= 0.6 is 0 Å². The number of aliphatic hydroxyl groups is 1. The summed E-state index contributed by atoms with van der Waals surface area (Å²) in [6, 6.07) is 1.14. The second-order valence-electron chi connectivity index (χ2n) is 7.91. The van der Waals surface area contributed by atoms with Crippen molar-refractivity contribution >= 4 is 5.97 Å². The lowest BCUT2D eigenvalue weighted by Gasteiger charge is -2.04. The van der Waals surface area contributed by atoms with Gasteiger partial charge >= 0.3 is 5.97 Å². The maximum Gasteiger partial charge on any atom is 0.311 e. The molecule has 0 bridgehead atoms. The van der Waals surface area contributed by atoms with Crippen molar-refractivity contribution < 1.29 is 19.1 Å². The lowest BCUT2D eigenvalue weighted by molar-refractivity contribution is -0.134. The molecule has 0 radical (unpaired) electrons. The van der Waals surface area contributed by atoms with Crippen LogP contribution in [0.15, 0.2) is 21.5 Å². The molecule has 1 N–H and O–H groups in total. The van der Waals surface area contributed by atoms with E-state index in [-0.39, 0.29) is 18.1 Å². The summed E-state index contributed by atoms with van der Waals surface area (Å²) in [5, 5.41) is 8.90. The first-order valence-electron chi connectivity index (χ1n) is 11.6. The van der Waals surface area contributed by atoms with Gasteiger partial charge in [-0.1, -0.05) is 96.8 Å². The van der Waals surface area contributed by atoms with Gasteiger partial charge in [0, 0.05) is 12.5 Å². The Balaban J connectivity index is 1.90. The van der Waals surface area contributed by atoms with Gasteiger partial charge in [0.2, 0.25) is 11.2 Å². The molecule has 166 valence electrons. The van der Waals surface area contributed by atoms with Crippen molar-refractivity contribution in [3.05, 3.63) is 28.3 Å². The third-order valence-corrected chi connectivity index (χ3v) is 5.22. The first-order valence-corrected chi connectivity index (χ1v) is 11.6. The molecule has 0 aliphatic carbocycles. The van der Waals surface area contributed by atoms with E-state index in [9.17, 15) is 9.59 Å². The van der Waals surface area contributed by atoms with Crippen molar-refractivity contribution in [3.63, 3.8) is 0 Å². The number of ether oxygens (including phenoxy) is 1. The Morgan fingerprint density at radius 3 is 1.79 bits per heavy atom. The molecule has 0 saturated heterocycles. The highest BCUT2D eigenvalue weighted by atomic mass is 16.5. The number of hydrogen-bond donors (Lipinski definition) is 1. The Kier molecular flexibility index (Phi) is 15.1. The van der Waals surface area contributed by atoms with E-state index in [2.05, 4.69) is 6.92 Å². The van der Waals surface area contributed by atoms with E-state index in [1.54, 1.807) is 0 Å². The average molecular weight is 409 g/mol. The van der Waals surface area contributed by atoms with Gasteiger partial charge in [-0.25, -0.2) is 0 Å². The van der Waals surface area contributed by atoms with Gasteiger partial charge in [0.05, 0.1) is 0 Å². The summed E-state index contributed by atoms with van der Waals surface area (Å²) in [4.78, 5) is 23.5. The number of aliphatic hydroxyl groups excluding tert-OH is 1. The smallest absolute Gasteiger partial charge is 0.311 e. The average Bonchev–Trinajstić information content (AvgIpc) is 2.72. The summed E-state index contributed by atoms with van der Waals surface area (Å²) in [5.41, 5.74) is -0.454. The van der Waals surface area contributed by atoms with Gasteiger partial charge < -0.3 is 14.3 Å². The molecule has 0 fully saturated rings. The maximum absolute atomic E-state index is 11.8. The van der Waals surface area contributed by atoms with Crippen molar-refractivity contribution in [1.82, 2.24) is 0 Å². The van der Waals surface area contributed by atoms with Crippen molar-refractivity contribution in [2.45, 2.75) is 116 Å². The van der Waals surface area contributed by atoms with Gasteiger partial charge in [0.25, 0.3) is 0 Å². The molecule has 0 unspecified atom stereocenters. The Morgan fingerprint density at radius 2 is 1.34 bits per heavy atom. The van der Waals surface area contributed by atoms with Crippen molar-refractivity contribution in [2.75, 3.05) is 0 Å². The predicted octanol–water partition coefficient (Wildman–Crippen LogP) is 6.30. The second kappa shape index (κ2) is 17.3. The SMILES string of the molecule is CCCCCCCCCCCCCCCCCC(=O)Oc1coc(CO)cc1=O. The largest absolute Gasteiger partial charge is 0.463 e. The van der Waals surface area contributed by atoms with E-state index < -0.39 is 11.4 Å². The zero-order valence-electron chi connectivity index (χ0n) is 18.3. The van der Waals surface area contributed by atoms with Crippen molar-refractivity contribution in [2.24, 2.45) is 0 Å².